The van der Waals surface area contributed by atoms with E-state index >= 15 is 0 Å². The molecule has 0 saturated carbocycles. The number of H-pyrrole nitrogens is 1. The van der Waals surface area contributed by atoms with Gasteiger partial charge in [-0.05, 0) is 24.5 Å². The second-order valence-corrected chi connectivity index (χ2v) is 4.87. The molecule has 0 spiro atoms. The molecule has 1 fully saturated rings. The Balaban J connectivity index is 1.94. The molecule has 2 unspecified atom stereocenters. The third-order valence-electron chi connectivity index (χ3n) is 3.56. The van der Waals surface area contributed by atoms with Crippen LogP contribution in [0.1, 0.15) is 13.3 Å². The van der Waals surface area contributed by atoms with Crippen LogP contribution in [0.2, 0.25) is 0 Å². The van der Waals surface area contributed by atoms with Crippen molar-refractivity contribution in [2.24, 2.45) is 11.7 Å². The number of aromatic nitrogens is 4. The van der Waals surface area contributed by atoms with Crippen LogP contribution in [-0.2, 0) is 0 Å². The van der Waals surface area contributed by atoms with E-state index in [-0.39, 0.29) is 11.7 Å². The molecular weight excluding hydrogens is 232 g/mol. The number of nitrogens with one attached hydrogen (secondary N) is 1. The van der Waals surface area contributed by atoms with Crippen LogP contribution in [0.4, 0.5) is 5.82 Å². The SMILES string of the molecule is CC1CN(c2ccc3n[nH]c(=O)n3n2)CCC1N. The van der Waals surface area contributed by atoms with Gasteiger partial charge in [-0.3, -0.25) is 0 Å². The molecule has 0 bridgehead atoms. The first kappa shape index (κ1) is 11.2. The molecule has 3 rings (SSSR count). The molecule has 7 heteroatoms. The van der Waals surface area contributed by atoms with Gasteiger partial charge in [0.15, 0.2) is 5.65 Å². The minimum absolute atomic E-state index is 0.252. The normalized spacial score (nSPS) is 24.7. The number of nitrogens with two attached hydrogens (primary N) is 1. The van der Waals surface area contributed by atoms with Gasteiger partial charge in [0.1, 0.15) is 5.82 Å². The van der Waals surface area contributed by atoms with Gasteiger partial charge in [-0.25, -0.2) is 9.89 Å². The number of rotatable bonds is 1. The molecule has 2 aromatic heterocycles. The van der Waals surface area contributed by atoms with Crippen LogP contribution in [0.25, 0.3) is 5.65 Å². The Morgan fingerprint density at radius 3 is 3.11 bits per heavy atom. The summed E-state index contributed by atoms with van der Waals surface area (Å²) in [6, 6.07) is 3.93. The summed E-state index contributed by atoms with van der Waals surface area (Å²) in [5.41, 5.74) is 6.22. The van der Waals surface area contributed by atoms with Crippen molar-refractivity contribution < 1.29 is 0 Å². The molecule has 2 atom stereocenters. The van der Waals surface area contributed by atoms with Crippen molar-refractivity contribution in [3.63, 3.8) is 0 Å². The fourth-order valence-corrected chi connectivity index (χ4v) is 2.33. The summed E-state index contributed by atoms with van der Waals surface area (Å²) in [6.07, 6.45) is 0.946. The summed E-state index contributed by atoms with van der Waals surface area (Å²) in [4.78, 5) is 13.6. The molecular formula is C11H16N6O. The molecule has 0 aromatic carbocycles. The Bertz CT molecular complexity index is 617. The van der Waals surface area contributed by atoms with Crippen molar-refractivity contribution in [3.8, 4) is 0 Å². The zero-order chi connectivity index (χ0) is 12.7. The van der Waals surface area contributed by atoms with Gasteiger partial charge in [0.05, 0.1) is 0 Å². The highest BCUT2D eigenvalue weighted by atomic mass is 16.2. The zero-order valence-electron chi connectivity index (χ0n) is 10.2. The van der Waals surface area contributed by atoms with Gasteiger partial charge < -0.3 is 10.6 Å². The number of aromatic amines is 1. The van der Waals surface area contributed by atoms with Crippen LogP contribution in [-0.4, -0.2) is 38.9 Å². The van der Waals surface area contributed by atoms with Crippen LogP contribution in [0, 0.1) is 5.92 Å². The third kappa shape index (κ3) is 1.76. The van der Waals surface area contributed by atoms with Crippen LogP contribution >= 0.6 is 0 Å². The first-order valence-corrected chi connectivity index (χ1v) is 6.10. The maximum Gasteiger partial charge on any atom is 0.364 e. The van der Waals surface area contributed by atoms with E-state index in [0.29, 0.717) is 11.6 Å². The fourth-order valence-electron chi connectivity index (χ4n) is 2.33. The molecule has 2 aromatic rings. The van der Waals surface area contributed by atoms with Gasteiger partial charge in [-0.15, -0.1) is 5.10 Å². The smallest absolute Gasteiger partial charge is 0.355 e. The van der Waals surface area contributed by atoms with Crippen molar-refractivity contribution in [1.29, 1.82) is 0 Å². The molecule has 1 aliphatic heterocycles. The van der Waals surface area contributed by atoms with Crippen molar-refractivity contribution in [2.75, 3.05) is 18.0 Å². The minimum Gasteiger partial charge on any atom is -0.355 e. The van der Waals surface area contributed by atoms with E-state index in [2.05, 4.69) is 27.1 Å². The van der Waals surface area contributed by atoms with E-state index in [0.717, 1.165) is 25.3 Å². The van der Waals surface area contributed by atoms with Gasteiger partial charge in [0.2, 0.25) is 0 Å². The molecule has 1 aliphatic rings. The predicted octanol–water partition coefficient (Wildman–Crippen LogP) is -0.409. The molecule has 3 N–H and O–H groups in total. The molecule has 0 amide bonds. The van der Waals surface area contributed by atoms with E-state index in [1.54, 1.807) is 6.07 Å². The van der Waals surface area contributed by atoms with Gasteiger partial charge >= 0.3 is 5.69 Å². The molecule has 96 valence electrons. The Morgan fingerprint density at radius 2 is 2.33 bits per heavy atom. The van der Waals surface area contributed by atoms with Crippen LogP contribution in [0.5, 0.6) is 0 Å². The molecule has 0 radical (unpaired) electrons. The molecule has 18 heavy (non-hydrogen) atoms. The Kier molecular flexibility index (Phi) is 2.55. The number of hydrogen-bond acceptors (Lipinski definition) is 5. The quantitative estimate of drug-likeness (QED) is 0.716. The lowest BCUT2D eigenvalue weighted by molar-refractivity contribution is 0.380. The van der Waals surface area contributed by atoms with E-state index < -0.39 is 0 Å². The second kappa shape index (κ2) is 4.09. The molecule has 0 aliphatic carbocycles. The summed E-state index contributed by atoms with van der Waals surface area (Å²) < 4.78 is 1.29. The summed E-state index contributed by atoms with van der Waals surface area (Å²) in [6.45, 7) is 3.88. The van der Waals surface area contributed by atoms with Crippen LogP contribution < -0.4 is 16.3 Å². The van der Waals surface area contributed by atoms with E-state index in [1.165, 1.54) is 4.52 Å². The summed E-state index contributed by atoms with van der Waals surface area (Å²) in [5, 5.41) is 10.5. The summed E-state index contributed by atoms with van der Waals surface area (Å²) in [5.74, 6) is 1.22. The Hall–Kier alpha value is -1.89. The van der Waals surface area contributed by atoms with Gasteiger partial charge in [0.25, 0.3) is 0 Å². The minimum atomic E-state index is -0.311. The first-order valence-electron chi connectivity index (χ1n) is 6.10. The van der Waals surface area contributed by atoms with Crippen LogP contribution in [0.15, 0.2) is 16.9 Å². The van der Waals surface area contributed by atoms with E-state index in [9.17, 15) is 4.79 Å². The maximum atomic E-state index is 11.5. The predicted molar refractivity (Wildman–Crippen MR) is 67.6 cm³/mol. The number of anilines is 1. The van der Waals surface area contributed by atoms with Gasteiger partial charge in [0, 0.05) is 19.1 Å². The van der Waals surface area contributed by atoms with Crippen molar-refractivity contribution >= 4 is 11.5 Å². The maximum absolute atomic E-state index is 11.5. The number of fused-ring (bicyclic) bond motifs is 1. The fraction of sp³-hybridized carbons (Fsp3) is 0.545. The Labute approximate surface area is 104 Å². The standard InChI is InChI=1S/C11H16N6O/c1-7-6-16(5-4-8(7)12)10-3-2-9-13-14-11(18)17(9)15-10/h2-3,7-8H,4-6,12H2,1H3,(H,14,18). The lowest BCUT2D eigenvalue weighted by atomic mass is 9.95. The summed E-state index contributed by atoms with van der Waals surface area (Å²) >= 11 is 0. The zero-order valence-corrected chi connectivity index (χ0v) is 10.2. The van der Waals surface area contributed by atoms with Crippen molar-refractivity contribution in [3.05, 3.63) is 22.6 Å². The van der Waals surface area contributed by atoms with Crippen LogP contribution in [0.3, 0.4) is 0 Å². The largest absolute Gasteiger partial charge is 0.364 e. The van der Waals surface area contributed by atoms with Crippen molar-refractivity contribution in [1.82, 2.24) is 19.8 Å². The average Bonchev–Trinajstić information content (AvgIpc) is 2.74. The van der Waals surface area contributed by atoms with Gasteiger partial charge in [-0.1, -0.05) is 6.92 Å². The number of piperidine rings is 1. The number of nitrogens with zero attached hydrogens (tertiary/aromatic N) is 4. The lowest BCUT2D eigenvalue weighted by Gasteiger charge is -2.35. The highest BCUT2D eigenvalue weighted by Gasteiger charge is 2.24. The van der Waals surface area contributed by atoms with E-state index in [4.69, 9.17) is 5.73 Å². The Morgan fingerprint density at radius 1 is 1.50 bits per heavy atom. The third-order valence-corrected chi connectivity index (χ3v) is 3.56. The topological polar surface area (TPSA) is 92.3 Å². The van der Waals surface area contributed by atoms with Gasteiger partial charge in [-0.2, -0.15) is 9.61 Å². The number of hydrogen-bond donors (Lipinski definition) is 2. The molecule has 7 nitrogen and oxygen atoms in total. The highest BCUT2D eigenvalue weighted by molar-refractivity contribution is 5.45. The summed E-state index contributed by atoms with van der Waals surface area (Å²) in [7, 11) is 0. The lowest BCUT2D eigenvalue weighted by Crippen LogP contribution is -2.46. The monoisotopic (exact) mass is 248 g/mol. The first-order chi connectivity index (χ1) is 8.65. The van der Waals surface area contributed by atoms with Crippen molar-refractivity contribution in [2.45, 2.75) is 19.4 Å². The molecule has 3 heterocycles. The highest BCUT2D eigenvalue weighted by Crippen LogP contribution is 2.20. The van der Waals surface area contributed by atoms with E-state index in [1.807, 2.05) is 6.07 Å². The average molecular weight is 248 g/mol. The second-order valence-electron chi connectivity index (χ2n) is 4.87. The molecule has 1 saturated heterocycles.